The number of hydrogen-bond acceptors (Lipinski definition) is 3. The maximum Gasteiger partial charge on any atom is 0.191 e. The monoisotopic (exact) mass is 506 g/mol. The van der Waals surface area contributed by atoms with Gasteiger partial charge in [-0.05, 0) is 25.5 Å². The number of aliphatic imine (C=N–C) groups is 1. The predicted octanol–water partition coefficient (Wildman–Crippen LogP) is 3.36. The fraction of sp³-hybridized carbons (Fsp3) is 0.500. The Morgan fingerprint density at radius 3 is 2.93 bits per heavy atom. The molecule has 0 aliphatic heterocycles. The molecule has 2 atom stereocenters. The maximum absolute atomic E-state index is 14.1. The van der Waals surface area contributed by atoms with E-state index in [4.69, 9.17) is 11.6 Å². The van der Waals surface area contributed by atoms with Crippen molar-refractivity contribution in [3.05, 3.63) is 46.8 Å². The minimum Gasteiger partial charge on any atom is -0.357 e. The molecule has 3 rings (SSSR count). The van der Waals surface area contributed by atoms with Gasteiger partial charge < -0.3 is 15.2 Å². The van der Waals surface area contributed by atoms with Crippen LogP contribution in [0.1, 0.15) is 37.6 Å². The molecule has 2 N–H and O–H groups in total. The Morgan fingerprint density at radius 2 is 2.22 bits per heavy atom. The highest BCUT2D eigenvalue weighted by Crippen LogP contribution is 2.44. The summed E-state index contributed by atoms with van der Waals surface area (Å²) < 4.78 is 16.1. The summed E-state index contributed by atoms with van der Waals surface area (Å²) in [5, 5.41) is 15.1. The summed E-state index contributed by atoms with van der Waals surface area (Å²) in [6.07, 6.45) is 3.41. The number of benzene rings is 1. The SMILES string of the molecule is CCNC(=NCCn1cnnc1CC)NC1CC1c1c(F)cccc1Cl.I. The molecule has 0 amide bonds. The zero-order valence-corrected chi connectivity index (χ0v) is 18.5. The van der Waals surface area contributed by atoms with E-state index in [1.807, 2.05) is 11.5 Å². The molecule has 0 spiro atoms. The van der Waals surface area contributed by atoms with Crippen LogP contribution >= 0.6 is 35.6 Å². The predicted molar refractivity (Wildman–Crippen MR) is 116 cm³/mol. The van der Waals surface area contributed by atoms with Gasteiger partial charge in [0.1, 0.15) is 18.0 Å². The quantitative estimate of drug-likeness (QED) is 0.343. The molecular formula is C18H25ClFIN6. The van der Waals surface area contributed by atoms with Crippen LogP contribution in [0.5, 0.6) is 0 Å². The molecule has 9 heteroatoms. The number of aryl methyl sites for hydroxylation is 1. The first-order valence-corrected chi connectivity index (χ1v) is 9.37. The molecule has 1 aromatic heterocycles. The molecular weight excluding hydrogens is 482 g/mol. The van der Waals surface area contributed by atoms with Gasteiger partial charge in [-0.15, -0.1) is 34.2 Å². The van der Waals surface area contributed by atoms with Gasteiger partial charge in [0, 0.05) is 42.1 Å². The van der Waals surface area contributed by atoms with Gasteiger partial charge in [-0.25, -0.2) is 4.39 Å². The van der Waals surface area contributed by atoms with Gasteiger partial charge in [-0.3, -0.25) is 4.99 Å². The van der Waals surface area contributed by atoms with Gasteiger partial charge in [0.25, 0.3) is 0 Å². The topological polar surface area (TPSA) is 67.1 Å². The second-order valence-electron chi connectivity index (χ2n) is 6.28. The molecule has 148 valence electrons. The standard InChI is InChI=1S/C18H24ClFN6.HI/c1-3-16-25-23-11-26(16)9-8-22-18(21-4-2)24-15-10-12(15)17-13(19)6-5-7-14(17)20;/h5-7,11-12,15H,3-4,8-10H2,1-2H3,(H2,21,22,24);1H. The molecule has 2 unspecified atom stereocenters. The lowest BCUT2D eigenvalue weighted by atomic mass is 10.1. The minimum atomic E-state index is -0.242. The average molecular weight is 507 g/mol. The van der Waals surface area contributed by atoms with Gasteiger partial charge in [0.05, 0.1) is 6.54 Å². The van der Waals surface area contributed by atoms with Gasteiger partial charge in [-0.1, -0.05) is 24.6 Å². The van der Waals surface area contributed by atoms with Crippen molar-refractivity contribution in [2.75, 3.05) is 13.1 Å². The highest BCUT2D eigenvalue weighted by molar-refractivity contribution is 14.0. The van der Waals surface area contributed by atoms with Crippen LogP contribution in [0.4, 0.5) is 4.39 Å². The smallest absolute Gasteiger partial charge is 0.191 e. The lowest BCUT2D eigenvalue weighted by Crippen LogP contribution is -2.39. The van der Waals surface area contributed by atoms with E-state index in [0.29, 0.717) is 17.1 Å². The molecule has 6 nitrogen and oxygen atoms in total. The lowest BCUT2D eigenvalue weighted by molar-refractivity contribution is 0.607. The lowest BCUT2D eigenvalue weighted by Gasteiger charge is -2.12. The van der Waals surface area contributed by atoms with Gasteiger partial charge >= 0.3 is 0 Å². The van der Waals surface area contributed by atoms with E-state index in [-0.39, 0.29) is 41.8 Å². The Hall–Kier alpha value is -1.42. The minimum absolute atomic E-state index is 0. The van der Waals surface area contributed by atoms with Crippen LogP contribution in [-0.2, 0) is 13.0 Å². The summed E-state index contributed by atoms with van der Waals surface area (Å²) in [4.78, 5) is 4.61. The van der Waals surface area contributed by atoms with E-state index in [1.54, 1.807) is 18.5 Å². The summed E-state index contributed by atoms with van der Waals surface area (Å²) in [5.41, 5.74) is 0.597. The Bertz CT molecular complexity index is 761. The van der Waals surface area contributed by atoms with E-state index in [9.17, 15) is 4.39 Å². The third kappa shape index (κ3) is 5.54. The highest BCUT2D eigenvalue weighted by atomic mass is 127. The summed E-state index contributed by atoms with van der Waals surface area (Å²) >= 11 is 6.17. The number of rotatable bonds is 7. The molecule has 1 heterocycles. The Labute approximate surface area is 181 Å². The van der Waals surface area contributed by atoms with E-state index < -0.39 is 0 Å². The molecule has 0 radical (unpaired) electrons. The first kappa shape index (κ1) is 21.9. The van der Waals surface area contributed by atoms with E-state index >= 15 is 0 Å². The first-order valence-electron chi connectivity index (χ1n) is 8.99. The largest absolute Gasteiger partial charge is 0.357 e. The van der Waals surface area contributed by atoms with Crippen LogP contribution in [0.3, 0.4) is 0 Å². The van der Waals surface area contributed by atoms with Crippen LogP contribution < -0.4 is 10.6 Å². The molecule has 1 aliphatic carbocycles. The van der Waals surface area contributed by atoms with Gasteiger partial charge in [0.2, 0.25) is 0 Å². The third-order valence-corrected chi connectivity index (χ3v) is 4.78. The Morgan fingerprint density at radius 1 is 1.41 bits per heavy atom. The molecule has 0 saturated heterocycles. The van der Waals surface area contributed by atoms with Crippen LogP contribution in [0.15, 0.2) is 29.5 Å². The molecule has 0 bridgehead atoms. The first-order chi connectivity index (χ1) is 12.6. The normalized spacial score (nSPS) is 18.7. The van der Waals surface area contributed by atoms with Crippen molar-refractivity contribution in [2.24, 2.45) is 4.99 Å². The fourth-order valence-electron chi connectivity index (χ4n) is 3.04. The molecule has 27 heavy (non-hydrogen) atoms. The Kier molecular flexibility index (Phi) is 8.28. The van der Waals surface area contributed by atoms with E-state index in [2.05, 4.69) is 32.7 Å². The van der Waals surface area contributed by atoms with E-state index in [1.165, 1.54) is 6.07 Å². The second kappa shape index (κ2) is 10.2. The third-order valence-electron chi connectivity index (χ3n) is 4.45. The average Bonchev–Trinajstić information content (AvgIpc) is 3.19. The van der Waals surface area contributed by atoms with E-state index in [0.717, 1.165) is 37.7 Å². The molecule has 1 aliphatic rings. The summed E-state index contributed by atoms with van der Waals surface area (Å²) in [5.74, 6) is 1.53. The number of nitrogens with zero attached hydrogens (tertiary/aromatic N) is 4. The number of hydrogen-bond donors (Lipinski definition) is 2. The van der Waals surface area contributed by atoms with Crippen molar-refractivity contribution >= 4 is 41.5 Å². The molecule has 1 saturated carbocycles. The molecule has 2 aromatic rings. The van der Waals surface area contributed by atoms with Crippen molar-refractivity contribution < 1.29 is 4.39 Å². The zero-order chi connectivity index (χ0) is 18.5. The van der Waals surface area contributed by atoms with Crippen molar-refractivity contribution in [2.45, 2.75) is 45.2 Å². The summed E-state index contributed by atoms with van der Waals surface area (Å²) in [6, 6.07) is 4.97. The molecule has 1 fully saturated rings. The van der Waals surface area contributed by atoms with Gasteiger partial charge in [-0.2, -0.15) is 0 Å². The second-order valence-corrected chi connectivity index (χ2v) is 6.69. The van der Waals surface area contributed by atoms with Crippen LogP contribution in [0, 0.1) is 5.82 Å². The zero-order valence-electron chi connectivity index (χ0n) is 15.5. The summed E-state index contributed by atoms with van der Waals surface area (Å²) in [6.45, 7) is 6.16. The number of aromatic nitrogens is 3. The number of halogens is 3. The summed E-state index contributed by atoms with van der Waals surface area (Å²) in [7, 11) is 0. The van der Waals surface area contributed by atoms with Crippen molar-refractivity contribution in [3.8, 4) is 0 Å². The van der Waals surface area contributed by atoms with Crippen LogP contribution in [-0.4, -0.2) is 39.9 Å². The maximum atomic E-state index is 14.1. The highest BCUT2D eigenvalue weighted by Gasteiger charge is 2.41. The van der Waals surface area contributed by atoms with Crippen LogP contribution in [0.25, 0.3) is 0 Å². The number of nitrogens with one attached hydrogen (secondary N) is 2. The van der Waals surface area contributed by atoms with Crippen molar-refractivity contribution in [1.82, 2.24) is 25.4 Å². The van der Waals surface area contributed by atoms with Crippen molar-refractivity contribution in [1.29, 1.82) is 0 Å². The van der Waals surface area contributed by atoms with Crippen molar-refractivity contribution in [3.63, 3.8) is 0 Å². The number of guanidine groups is 1. The fourth-order valence-corrected chi connectivity index (χ4v) is 3.35. The Balaban J connectivity index is 0.00000261. The van der Waals surface area contributed by atoms with Gasteiger partial charge in [0.15, 0.2) is 5.96 Å². The molecule has 1 aromatic carbocycles. The van der Waals surface area contributed by atoms with Crippen LogP contribution in [0.2, 0.25) is 5.02 Å².